The van der Waals surface area contributed by atoms with Crippen LogP contribution >= 0.6 is 11.3 Å². The predicted molar refractivity (Wildman–Crippen MR) is 105 cm³/mol. The van der Waals surface area contributed by atoms with Crippen molar-refractivity contribution >= 4 is 35.0 Å². The van der Waals surface area contributed by atoms with Crippen molar-refractivity contribution in [3.05, 3.63) is 76.8 Å². The highest BCUT2D eigenvalue weighted by atomic mass is 32.1. The second-order valence-corrected chi connectivity index (χ2v) is 6.65. The van der Waals surface area contributed by atoms with E-state index in [1.165, 1.54) is 29.5 Å². The van der Waals surface area contributed by atoms with Crippen molar-refractivity contribution in [1.29, 1.82) is 0 Å². The van der Waals surface area contributed by atoms with Crippen molar-refractivity contribution in [2.45, 2.75) is 6.18 Å². The van der Waals surface area contributed by atoms with Crippen LogP contribution in [0.2, 0.25) is 0 Å². The molecule has 11 heteroatoms. The molecular weight excluding hydrogens is 443 g/mol. The first-order chi connectivity index (χ1) is 14.6. The average Bonchev–Trinajstić information content (AvgIpc) is 3.19. The lowest BCUT2D eigenvalue weighted by Crippen LogP contribution is -2.21. The zero-order valence-electron chi connectivity index (χ0n) is 15.4. The second-order valence-electron chi connectivity index (χ2n) is 5.71. The Morgan fingerprint density at radius 2 is 1.81 bits per heavy atom. The van der Waals surface area contributed by atoms with E-state index in [9.17, 15) is 26.7 Å². The van der Waals surface area contributed by atoms with Crippen LogP contribution in [0.25, 0.3) is 17.2 Å². The molecule has 162 valence electrons. The third-order valence-electron chi connectivity index (χ3n) is 3.47. The van der Waals surface area contributed by atoms with E-state index in [1.807, 2.05) is 23.6 Å². The molecule has 0 spiro atoms. The van der Waals surface area contributed by atoms with Crippen LogP contribution in [0.1, 0.15) is 4.88 Å². The first-order valence-electron chi connectivity index (χ1n) is 8.30. The summed E-state index contributed by atoms with van der Waals surface area (Å²) in [5.41, 5.74) is 1.80. The van der Waals surface area contributed by atoms with Crippen LogP contribution in [0.5, 0.6) is 0 Å². The summed E-state index contributed by atoms with van der Waals surface area (Å²) in [6.45, 7) is 0. The summed E-state index contributed by atoms with van der Waals surface area (Å²) in [7, 11) is 0. The van der Waals surface area contributed by atoms with Crippen molar-refractivity contribution in [2.24, 2.45) is 0 Å². The summed E-state index contributed by atoms with van der Waals surface area (Å²) in [5.74, 6) is -5.37. The molecule has 3 rings (SSSR count). The van der Waals surface area contributed by atoms with E-state index >= 15 is 0 Å². The third kappa shape index (κ3) is 7.30. The standard InChI is InChI=1S/C18H12F2N2OS.C2HF3O2/c19-15-4-1-5-16(18(15)20)22-17(23)7-6-14-9-13(11-24-14)12-3-2-8-21-10-12;3-2(4,5)1(6)7/h1-11H,(H,22,23);(H,6,7). The Morgan fingerprint density at radius 3 is 2.42 bits per heavy atom. The maximum atomic E-state index is 13.5. The lowest BCUT2D eigenvalue weighted by molar-refractivity contribution is -0.192. The predicted octanol–water partition coefficient (Wildman–Crippen LogP) is 5.37. The SMILES string of the molecule is O=C(C=Cc1cc(-c2cccnc2)cs1)Nc1cccc(F)c1F.O=C(O)C(F)(F)F. The van der Waals surface area contributed by atoms with Gasteiger partial charge in [-0.3, -0.25) is 9.78 Å². The van der Waals surface area contributed by atoms with Crippen molar-refractivity contribution < 1.29 is 36.6 Å². The molecule has 0 unspecified atom stereocenters. The molecule has 3 aromatic rings. The van der Waals surface area contributed by atoms with Crippen LogP contribution in [0.3, 0.4) is 0 Å². The molecule has 2 heterocycles. The van der Waals surface area contributed by atoms with Gasteiger partial charge >= 0.3 is 12.1 Å². The van der Waals surface area contributed by atoms with Gasteiger partial charge in [-0.2, -0.15) is 13.2 Å². The zero-order chi connectivity index (χ0) is 23.0. The summed E-state index contributed by atoms with van der Waals surface area (Å²) in [5, 5.41) is 11.4. The van der Waals surface area contributed by atoms with Crippen molar-refractivity contribution in [3.8, 4) is 11.1 Å². The Hall–Kier alpha value is -3.60. The number of hydrogen-bond acceptors (Lipinski definition) is 4. The number of amides is 1. The third-order valence-corrected chi connectivity index (χ3v) is 4.36. The van der Waals surface area contributed by atoms with Gasteiger partial charge in [0.2, 0.25) is 5.91 Å². The minimum atomic E-state index is -5.08. The Balaban J connectivity index is 0.000000423. The molecule has 0 aliphatic rings. The summed E-state index contributed by atoms with van der Waals surface area (Å²) < 4.78 is 58.3. The number of rotatable bonds is 4. The average molecular weight is 456 g/mol. The second kappa shape index (κ2) is 10.4. The molecule has 2 N–H and O–H groups in total. The highest BCUT2D eigenvalue weighted by molar-refractivity contribution is 7.11. The van der Waals surface area contributed by atoms with E-state index in [0.717, 1.165) is 22.1 Å². The molecule has 0 aliphatic heterocycles. The van der Waals surface area contributed by atoms with Gasteiger partial charge in [0.15, 0.2) is 11.6 Å². The maximum absolute atomic E-state index is 13.5. The van der Waals surface area contributed by atoms with E-state index in [-0.39, 0.29) is 5.69 Å². The van der Waals surface area contributed by atoms with Crippen LogP contribution in [-0.2, 0) is 9.59 Å². The largest absolute Gasteiger partial charge is 0.490 e. The fraction of sp³-hybridized carbons (Fsp3) is 0.0500. The molecule has 1 amide bonds. The van der Waals surface area contributed by atoms with Gasteiger partial charge in [0.25, 0.3) is 0 Å². The van der Waals surface area contributed by atoms with Gasteiger partial charge in [0.1, 0.15) is 0 Å². The molecule has 0 saturated carbocycles. The molecule has 0 saturated heterocycles. The number of halogens is 5. The summed E-state index contributed by atoms with van der Waals surface area (Å²) in [6.07, 6.45) is 1.28. The van der Waals surface area contributed by atoms with Gasteiger partial charge in [-0.15, -0.1) is 11.3 Å². The van der Waals surface area contributed by atoms with E-state index in [4.69, 9.17) is 9.90 Å². The zero-order valence-corrected chi connectivity index (χ0v) is 16.2. The molecule has 1 aromatic carbocycles. The van der Waals surface area contributed by atoms with Gasteiger partial charge in [-0.05, 0) is 41.3 Å². The highest BCUT2D eigenvalue weighted by Crippen LogP contribution is 2.25. The van der Waals surface area contributed by atoms with Gasteiger partial charge in [0, 0.05) is 28.9 Å². The minimum Gasteiger partial charge on any atom is -0.475 e. The lowest BCUT2D eigenvalue weighted by atomic mass is 10.1. The Morgan fingerprint density at radius 1 is 1.10 bits per heavy atom. The molecule has 2 aromatic heterocycles. The van der Waals surface area contributed by atoms with Crippen molar-refractivity contribution in [2.75, 3.05) is 5.32 Å². The van der Waals surface area contributed by atoms with Gasteiger partial charge in [0.05, 0.1) is 5.69 Å². The number of aromatic nitrogens is 1. The molecular formula is C20H13F5N2O3S. The highest BCUT2D eigenvalue weighted by Gasteiger charge is 2.38. The van der Waals surface area contributed by atoms with Crippen LogP contribution in [0, 0.1) is 11.6 Å². The normalized spacial score (nSPS) is 11.0. The Bertz CT molecular complexity index is 1080. The number of carbonyl (C=O) groups excluding carboxylic acids is 1. The molecule has 0 bridgehead atoms. The van der Waals surface area contributed by atoms with Crippen LogP contribution < -0.4 is 5.32 Å². The van der Waals surface area contributed by atoms with Crippen LogP contribution in [0.4, 0.5) is 27.6 Å². The van der Waals surface area contributed by atoms with E-state index in [2.05, 4.69) is 10.3 Å². The van der Waals surface area contributed by atoms with Crippen molar-refractivity contribution in [1.82, 2.24) is 4.98 Å². The lowest BCUT2D eigenvalue weighted by Gasteiger charge is -2.03. The number of hydrogen-bond donors (Lipinski definition) is 2. The Kier molecular flexibility index (Phi) is 7.97. The van der Waals surface area contributed by atoms with E-state index < -0.39 is 29.7 Å². The molecule has 0 fully saturated rings. The summed E-state index contributed by atoms with van der Waals surface area (Å²) >= 11 is 1.47. The number of benzene rings is 1. The number of nitrogens with one attached hydrogen (secondary N) is 1. The monoisotopic (exact) mass is 456 g/mol. The summed E-state index contributed by atoms with van der Waals surface area (Å²) in [6, 6.07) is 9.35. The van der Waals surface area contributed by atoms with Crippen LogP contribution in [-0.4, -0.2) is 28.1 Å². The molecule has 5 nitrogen and oxygen atoms in total. The minimum absolute atomic E-state index is 0.188. The number of aliphatic carboxylic acids is 1. The summed E-state index contributed by atoms with van der Waals surface area (Å²) in [4.78, 5) is 25.7. The maximum Gasteiger partial charge on any atom is 0.490 e. The number of carboxylic acids is 1. The number of alkyl halides is 3. The smallest absolute Gasteiger partial charge is 0.475 e. The van der Waals surface area contributed by atoms with Gasteiger partial charge in [-0.1, -0.05) is 12.1 Å². The van der Waals surface area contributed by atoms with Gasteiger partial charge in [-0.25, -0.2) is 13.6 Å². The first kappa shape index (κ1) is 23.7. The molecule has 31 heavy (non-hydrogen) atoms. The number of nitrogens with zero attached hydrogens (tertiary/aromatic N) is 1. The molecule has 0 atom stereocenters. The van der Waals surface area contributed by atoms with Gasteiger partial charge < -0.3 is 10.4 Å². The molecule has 0 aliphatic carbocycles. The molecule has 0 radical (unpaired) electrons. The number of pyridine rings is 1. The topological polar surface area (TPSA) is 79.3 Å². The Labute approximate surface area is 176 Å². The fourth-order valence-corrected chi connectivity index (χ4v) is 2.87. The fourth-order valence-electron chi connectivity index (χ4n) is 2.06. The number of carboxylic acid groups (broad SMARTS) is 1. The van der Waals surface area contributed by atoms with E-state index in [0.29, 0.717) is 0 Å². The number of anilines is 1. The van der Waals surface area contributed by atoms with E-state index in [1.54, 1.807) is 18.5 Å². The first-order valence-corrected chi connectivity index (χ1v) is 9.18. The van der Waals surface area contributed by atoms with Crippen LogP contribution in [0.15, 0.2) is 60.2 Å². The quantitative estimate of drug-likeness (QED) is 0.409. The van der Waals surface area contributed by atoms with Crippen molar-refractivity contribution in [3.63, 3.8) is 0 Å². The number of carbonyl (C=O) groups is 2. The number of thiophene rings is 1.